The topological polar surface area (TPSA) is 68.4 Å². The molecule has 0 unspecified atom stereocenters. The second kappa shape index (κ2) is 6.50. The number of hydrogen-bond donors (Lipinski definition) is 3. The molecule has 0 spiro atoms. The van der Waals surface area contributed by atoms with Gasteiger partial charge in [-0.15, -0.1) is 0 Å². The number of H-pyrrole nitrogens is 1. The van der Waals surface area contributed by atoms with E-state index < -0.39 is 5.97 Å². The van der Waals surface area contributed by atoms with Crippen molar-refractivity contribution in [3.05, 3.63) is 35.0 Å². The van der Waals surface area contributed by atoms with E-state index in [1.807, 2.05) is 19.2 Å². The third kappa shape index (κ3) is 3.15. The number of carboxylic acids is 1. The number of carboxylic acid groups (broad SMARTS) is 1. The Morgan fingerprint density at radius 2 is 2.09 bits per heavy atom. The normalized spacial score (nSPS) is 16.2. The largest absolute Gasteiger partial charge is 0.478 e. The number of aryl methyl sites for hydroxylation is 2. The van der Waals surface area contributed by atoms with Crippen LogP contribution in [-0.2, 0) is 6.42 Å². The quantitative estimate of drug-likeness (QED) is 0.790. The fourth-order valence-corrected chi connectivity index (χ4v) is 3.20. The molecule has 22 heavy (non-hydrogen) atoms. The van der Waals surface area contributed by atoms with Crippen molar-refractivity contribution in [3.8, 4) is 0 Å². The molecule has 3 N–H and O–H groups in total. The highest BCUT2D eigenvalue weighted by Crippen LogP contribution is 2.24. The Hall–Kier alpha value is -1.85. The van der Waals surface area contributed by atoms with Gasteiger partial charge in [0.2, 0.25) is 0 Å². The van der Waals surface area contributed by atoms with E-state index in [0.29, 0.717) is 5.56 Å². The summed E-state index contributed by atoms with van der Waals surface area (Å²) in [6.45, 7) is 7.43. The Morgan fingerprint density at radius 3 is 2.82 bits per heavy atom. The summed E-state index contributed by atoms with van der Waals surface area (Å²) in [6, 6.07) is 3.74. The first-order valence-electron chi connectivity index (χ1n) is 7.92. The van der Waals surface area contributed by atoms with E-state index in [2.05, 4.69) is 15.2 Å². The van der Waals surface area contributed by atoms with Crippen molar-refractivity contribution in [2.45, 2.75) is 19.8 Å². The molecule has 118 valence electrons. The number of nitrogens with zero attached hydrogens (tertiary/aromatic N) is 1. The zero-order chi connectivity index (χ0) is 15.5. The van der Waals surface area contributed by atoms with Crippen molar-refractivity contribution in [2.75, 3.05) is 32.7 Å². The number of benzene rings is 1. The summed E-state index contributed by atoms with van der Waals surface area (Å²) in [5.74, 6) is -0.866. The van der Waals surface area contributed by atoms with Crippen LogP contribution >= 0.6 is 0 Å². The molecule has 0 amide bonds. The van der Waals surface area contributed by atoms with E-state index in [4.69, 9.17) is 0 Å². The minimum Gasteiger partial charge on any atom is -0.478 e. The number of hydrogen-bond acceptors (Lipinski definition) is 3. The van der Waals surface area contributed by atoms with Crippen molar-refractivity contribution in [2.24, 2.45) is 0 Å². The van der Waals surface area contributed by atoms with Crippen molar-refractivity contribution in [1.29, 1.82) is 0 Å². The van der Waals surface area contributed by atoms with Crippen molar-refractivity contribution in [1.82, 2.24) is 15.2 Å². The molecule has 0 atom stereocenters. The summed E-state index contributed by atoms with van der Waals surface area (Å²) in [6.07, 6.45) is 4.18. The molecule has 5 heteroatoms. The van der Waals surface area contributed by atoms with Gasteiger partial charge in [0, 0.05) is 43.3 Å². The Bertz CT molecular complexity index is 672. The van der Waals surface area contributed by atoms with Crippen molar-refractivity contribution < 1.29 is 9.90 Å². The number of aromatic nitrogens is 1. The average Bonchev–Trinajstić information content (AvgIpc) is 2.89. The Morgan fingerprint density at radius 1 is 1.32 bits per heavy atom. The molecule has 3 rings (SSSR count). The van der Waals surface area contributed by atoms with E-state index in [1.54, 1.807) is 6.07 Å². The van der Waals surface area contributed by atoms with Crippen molar-refractivity contribution >= 4 is 16.9 Å². The van der Waals surface area contributed by atoms with E-state index in [-0.39, 0.29) is 0 Å². The molecule has 1 aliphatic heterocycles. The van der Waals surface area contributed by atoms with Crippen LogP contribution in [0.1, 0.15) is 27.9 Å². The van der Waals surface area contributed by atoms with Crippen LogP contribution in [0.2, 0.25) is 0 Å². The van der Waals surface area contributed by atoms with Gasteiger partial charge in [-0.25, -0.2) is 4.79 Å². The smallest absolute Gasteiger partial charge is 0.336 e. The number of rotatable bonds is 5. The predicted octanol–water partition coefficient (Wildman–Crippen LogP) is 2.01. The van der Waals surface area contributed by atoms with E-state index in [9.17, 15) is 9.90 Å². The number of aromatic carboxylic acids is 1. The number of nitrogens with one attached hydrogen (secondary N) is 2. The molecule has 1 saturated heterocycles. The summed E-state index contributed by atoms with van der Waals surface area (Å²) in [4.78, 5) is 16.9. The molecule has 0 saturated carbocycles. The van der Waals surface area contributed by atoms with Gasteiger partial charge >= 0.3 is 5.97 Å². The van der Waals surface area contributed by atoms with Crippen LogP contribution in [-0.4, -0.2) is 53.7 Å². The summed E-state index contributed by atoms with van der Waals surface area (Å²) < 4.78 is 0. The Balaban J connectivity index is 1.69. The van der Waals surface area contributed by atoms with Gasteiger partial charge in [0.1, 0.15) is 0 Å². The van der Waals surface area contributed by atoms with Crippen LogP contribution in [0, 0.1) is 6.92 Å². The third-order valence-electron chi connectivity index (χ3n) is 4.47. The van der Waals surface area contributed by atoms with Gasteiger partial charge in [0.15, 0.2) is 0 Å². The molecule has 1 fully saturated rings. The number of piperazine rings is 1. The van der Waals surface area contributed by atoms with E-state index in [1.165, 1.54) is 5.56 Å². The fourth-order valence-electron chi connectivity index (χ4n) is 3.20. The van der Waals surface area contributed by atoms with Crippen LogP contribution in [0.5, 0.6) is 0 Å². The highest BCUT2D eigenvalue weighted by molar-refractivity contribution is 5.96. The van der Waals surface area contributed by atoms with Gasteiger partial charge in [-0.3, -0.25) is 0 Å². The SMILES string of the molecule is Cc1cc2c(CCCN3CCNCC3)c[nH]c2cc1C(=O)O. The molecule has 1 aromatic heterocycles. The first kappa shape index (κ1) is 15.1. The highest BCUT2D eigenvalue weighted by Gasteiger charge is 2.13. The van der Waals surface area contributed by atoms with Gasteiger partial charge in [0.05, 0.1) is 5.56 Å². The predicted molar refractivity (Wildman–Crippen MR) is 87.6 cm³/mol. The second-order valence-corrected chi connectivity index (χ2v) is 6.03. The molecular formula is C17H23N3O2. The van der Waals surface area contributed by atoms with Crippen LogP contribution in [0.3, 0.4) is 0 Å². The second-order valence-electron chi connectivity index (χ2n) is 6.03. The molecule has 0 radical (unpaired) electrons. The maximum absolute atomic E-state index is 11.2. The summed E-state index contributed by atoms with van der Waals surface area (Å²) in [5.41, 5.74) is 3.40. The molecule has 0 bridgehead atoms. The van der Waals surface area contributed by atoms with E-state index >= 15 is 0 Å². The van der Waals surface area contributed by atoms with Gasteiger partial charge < -0.3 is 20.3 Å². The summed E-state index contributed by atoms with van der Waals surface area (Å²) in [7, 11) is 0. The zero-order valence-electron chi connectivity index (χ0n) is 13.0. The number of carbonyl (C=O) groups is 1. The molecule has 2 heterocycles. The standard InChI is InChI=1S/C17H23N3O2/c1-12-9-15-13(3-2-6-20-7-4-18-5-8-20)11-19-16(15)10-14(12)17(21)22/h9-11,18-19H,2-8H2,1H3,(H,21,22). The van der Waals surface area contributed by atoms with Crippen LogP contribution < -0.4 is 5.32 Å². The van der Waals surface area contributed by atoms with Gasteiger partial charge in [0.25, 0.3) is 0 Å². The minimum atomic E-state index is -0.866. The van der Waals surface area contributed by atoms with Gasteiger partial charge in [-0.05, 0) is 49.6 Å². The lowest BCUT2D eigenvalue weighted by molar-refractivity contribution is 0.0696. The van der Waals surface area contributed by atoms with Gasteiger partial charge in [-0.1, -0.05) is 0 Å². The molecular weight excluding hydrogens is 278 g/mol. The first-order chi connectivity index (χ1) is 10.6. The molecule has 1 aromatic carbocycles. The first-order valence-corrected chi connectivity index (χ1v) is 7.92. The van der Waals surface area contributed by atoms with Crippen LogP contribution in [0.15, 0.2) is 18.3 Å². The molecule has 1 aliphatic rings. The molecule has 0 aliphatic carbocycles. The lowest BCUT2D eigenvalue weighted by Gasteiger charge is -2.26. The molecule has 5 nitrogen and oxygen atoms in total. The maximum Gasteiger partial charge on any atom is 0.336 e. The number of fused-ring (bicyclic) bond motifs is 1. The maximum atomic E-state index is 11.2. The lowest BCUT2D eigenvalue weighted by Crippen LogP contribution is -2.43. The van der Waals surface area contributed by atoms with Gasteiger partial charge in [-0.2, -0.15) is 0 Å². The highest BCUT2D eigenvalue weighted by atomic mass is 16.4. The monoisotopic (exact) mass is 301 g/mol. The van der Waals surface area contributed by atoms with E-state index in [0.717, 1.165) is 62.0 Å². The fraction of sp³-hybridized carbons (Fsp3) is 0.471. The van der Waals surface area contributed by atoms with Crippen LogP contribution in [0.25, 0.3) is 10.9 Å². The zero-order valence-corrected chi connectivity index (χ0v) is 13.0. The Labute approximate surface area is 130 Å². The van der Waals surface area contributed by atoms with Crippen molar-refractivity contribution in [3.63, 3.8) is 0 Å². The third-order valence-corrected chi connectivity index (χ3v) is 4.47. The average molecular weight is 301 g/mol. The summed E-state index contributed by atoms with van der Waals surface area (Å²) in [5, 5.41) is 13.7. The number of aromatic amines is 1. The lowest BCUT2D eigenvalue weighted by atomic mass is 10.0. The Kier molecular flexibility index (Phi) is 4.45. The van der Waals surface area contributed by atoms with Crippen LogP contribution in [0.4, 0.5) is 0 Å². The minimum absolute atomic E-state index is 0.377. The summed E-state index contributed by atoms with van der Waals surface area (Å²) >= 11 is 0. The molecule has 2 aromatic rings.